The van der Waals surface area contributed by atoms with Gasteiger partial charge in [-0.05, 0) is 18.4 Å². The zero-order chi connectivity index (χ0) is 13.2. The van der Waals surface area contributed by atoms with Crippen LogP contribution in [0.3, 0.4) is 0 Å². The largest absolute Gasteiger partial charge is 0.392 e. The molecule has 96 valence electrons. The smallest absolute Gasteiger partial charge is 0.146 e. The molecule has 1 unspecified atom stereocenters. The third kappa shape index (κ3) is 2.97. The van der Waals surface area contributed by atoms with E-state index in [2.05, 4.69) is 27.7 Å². The van der Waals surface area contributed by atoms with Crippen LogP contribution in [-0.2, 0) is 6.61 Å². The molecule has 0 bridgehead atoms. The molecular formula is C14H22FNO. The fraction of sp³-hybridized carbons (Fsp3) is 0.571. The Kier molecular flexibility index (Phi) is 4.15. The Balaban J connectivity index is 3.16. The SMILES string of the molecule is CC(N(C)c1c(F)cccc1CO)C(C)(C)C. The number of rotatable bonds is 3. The lowest BCUT2D eigenvalue weighted by Gasteiger charge is -2.37. The number of para-hydroxylation sites is 1. The van der Waals surface area contributed by atoms with Gasteiger partial charge in [0.05, 0.1) is 12.3 Å². The third-order valence-electron chi connectivity index (χ3n) is 3.43. The summed E-state index contributed by atoms with van der Waals surface area (Å²) < 4.78 is 13.9. The molecule has 0 aromatic heterocycles. The summed E-state index contributed by atoms with van der Waals surface area (Å²) in [6.45, 7) is 8.27. The van der Waals surface area contributed by atoms with Gasteiger partial charge < -0.3 is 10.0 Å². The van der Waals surface area contributed by atoms with Gasteiger partial charge in [0, 0.05) is 18.7 Å². The number of nitrogens with zero attached hydrogens (tertiary/aromatic N) is 1. The molecule has 0 heterocycles. The monoisotopic (exact) mass is 239 g/mol. The van der Waals surface area contributed by atoms with Crippen molar-refractivity contribution >= 4 is 5.69 Å². The van der Waals surface area contributed by atoms with Crippen LogP contribution in [0.5, 0.6) is 0 Å². The number of anilines is 1. The number of halogens is 1. The van der Waals surface area contributed by atoms with E-state index >= 15 is 0 Å². The summed E-state index contributed by atoms with van der Waals surface area (Å²) in [4.78, 5) is 1.90. The molecule has 0 saturated heterocycles. The number of aliphatic hydroxyl groups is 1. The highest BCUT2D eigenvalue weighted by Crippen LogP contribution is 2.31. The van der Waals surface area contributed by atoms with Crippen molar-refractivity contribution in [3.63, 3.8) is 0 Å². The van der Waals surface area contributed by atoms with Crippen molar-refractivity contribution in [1.29, 1.82) is 0 Å². The van der Waals surface area contributed by atoms with Crippen molar-refractivity contribution in [2.75, 3.05) is 11.9 Å². The van der Waals surface area contributed by atoms with Gasteiger partial charge in [0.25, 0.3) is 0 Å². The molecule has 0 aliphatic heterocycles. The van der Waals surface area contributed by atoms with Crippen LogP contribution in [-0.4, -0.2) is 18.2 Å². The molecule has 0 radical (unpaired) electrons. The quantitative estimate of drug-likeness (QED) is 0.875. The van der Waals surface area contributed by atoms with Crippen LogP contribution in [0.2, 0.25) is 0 Å². The second kappa shape index (κ2) is 5.05. The maximum atomic E-state index is 13.9. The normalized spacial score (nSPS) is 13.6. The van der Waals surface area contributed by atoms with Crippen molar-refractivity contribution in [3.05, 3.63) is 29.6 Å². The second-order valence-electron chi connectivity index (χ2n) is 5.56. The maximum Gasteiger partial charge on any atom is 0.146 e. The van der Waals surface area contributed by atoms with Crippen molar-refractivity contribution in [2.24, 2.45) is 5.41 Å². The predicted octanol–water partition coefficient (Wildman–Crippen LogP) is 3.19. The fourth-order valence-electron chi connectivity index (χ4n) is 1.86. The Labute approximate surface area is 103 Å². The minimum Gasteiger partial charge on any atom is -0.392 e. The van der Waals surface area contributed by atoms with E-state index in [1.54, 1.807) is 12.1 Å². The average molecular weight is 239 g/mol. The molecule has 0 aliphatic carbocycles. The average Bonchev–Trinajstić information content (AvgIpc) is 2.25. The van der Waals surface area contributed by atoms with E-state index < -0.39 is 0 Å². The molecular weight excluding hydrogens is 217 g/mol. The first-order chi connectivity index (χ1) is 7.79. The van der Waals surface area contributed by atoms with Crippen molar-refractivity contribution < 1.29 is 9.50 Å². The van der Waals surface area contributed by atoms with Crippen LogP contribution in [0.15, 0.2) is 18.2 Å². The lowest BCUT2D eigenvalue weighted by atomic mass is 9.86. The van der Waals surface area contributed by atoms with Crippen molar-refractivity contribution in [2.45, 2.75) is 40.3 Å². The minimum atomic E-state index is -0.282. The molecule has 2 nitrogen and oxygen atoms in total. The number of hydrogen-bond donors (Lipinski definition) is 1. The van der Waals surface area contributed by atoms with E-state index in [1.807, 2.05) is 11.9 Å². The highest BCUT2D eigenvalue weighted by molar-refractivity contribution is 5.55. The summed E-state index contributed by atoms with van der Waals surface area (Å²) in [5.41, 5.74) is 1.17. The van der Waals surface area contributed by atoms with E-state index in [0.717, 1.165) is 0 Å². The topological polar surface area (TPSA) is 23.5 Å². The van der Waals surface area contributed by atoms with Crippen LogP contribution >= 0.6 is 0 Å². The van der Waals surface area contributed by atoms with E-state index in [-0.39, 0.29) is 23.9 Å². The highest BCUT2D eigenvalue weighted by Gasteiger charge is 2.26. The maximum absolute atomic E-state index is 13.9. The van der Waals surface area contributed by atoms with Gasteiger partial charge in [0.2, 0.25) is 0 Å². The molecule has 1 rings (SSSR count). The predicted molar refractivity (Wildman–Crippen MR) is 69.6 cm³/mol. The first-order valence-electron chi connectivity index (χ1n) is 5.90. The van der Waals surface area contributed by atoms with Gasteiger partial charge in [-0.2, -0.15) is 0 Å². The van der Waals surface area contributed by atoms with Gasteiger partial charge in [0.15, 0.2) is 0 Å². The molecule has 3 heteroatoms. The summed E-state index contributed by atoms with van der Waals surface area (Å²) in [5.74, 6) is -0.282. The molecule has 1 N–H and O–H groups in total. The van der Waals surface area contributed by atoms with Gasteiger partial charge in [-0.1, -0.05) is 32.9 Å². The van der Waals surface area contributed by atoms with E-state index in [9.17, 15) is 9.50 Å². The van der Waals surface area contributed by atoms with Crippen LogP contribution in [0.25, 0.3) is 0 Å². The third-order valence-corrected chi connectivity index (χ3v) is 3.43. The van der Waals surface area contributed by atoms with Gasteiger partial charge in [-0.3, -0.25) is 0 Å². The van der Waals surface area contributed by atoms with Crippen LogP contribution in [0, 0.1) is 11.2 Å². The van der Waals surface area contributed by atoms with Crippen molar-refractivity contribution in [3.8, 4) is 0 Å². The lowest BCUT2D eigenvalue weighted by molar-refractivity contribution is 0.279. The highest BCUT2D eigenvalue weighted by atomic mass is 19.1. The molecule has 17 heavy (non-hydrogen) atoms. The zero-order valence-corrected chi connectivity index (χ0v) is 11.3. The zero-order valence-electron chi connectivity index (χ0n) is 11.3. The number of aliphatic hydroxyl groups excluding tert-OH is 1. The Morgan fingerprint density at radius 1 is 1.35 bits per heavy atom. The summed E-state index contributed by atoms with van der Waals surface area (Å²) in [6.07, 6.45) is 0. The van der Waals surface area contributed by atoms with Gasteiger partial charge in [-0.25, -0.2) is 4.39 Å². The Morgan fingerprint density at radius 3 is 2.41 bits per heavy atom. The van der Waals surface area contributed by atoms with Gasteiger partial charge in [-0.15, -0.1) is 0 Å². The van der Waals surface area contributed by atoms with E-state index in [0.29, 0.717) is 11.3 Å². The van der Waals surface area contributed by atoms with Crippen molar-refractivity contribution in [1.82, 2.24) is 0 Å². The molecule has 0 fully saturated rings. The molecule has 0 amide bonds. The first kappa shape index (κ1) is 14.0. The summed E-state index contributed by atoms with van der Waals surface area (Å²) >= 11 is 0. The molecule has 0 aliphatic rings. The number of hydrogen-bond acceptors (Lipinski definition) is 2. The summed E-state index contributed by atoms with van der Waals surface area (Å²) in [7, 11) is 1.87. The van der Waals surface area contributed by atoms with E-state index in [1.165, 1.54) is 6.07 Å². The summed E-state index contributed by atoms with van der Waals surface area (Å²) in [5, 5.41) is 9.28. The van der Waals surface area contributed by atoms with Crippen LogP contribution in [0.1, 0.15) is 33.3 Å². The second-order valence-corrected chi connectivity index (χ2v) is 5.56. The standard InChI is InChI=1S/C14H22FNO/c1-10(14(2,3)4)16(5)13-11(9-17)7-6-8-12(13)15/h6-8,10,17H,9H2,1-5H3. The molecule has 1 atom stereocenters. The van der Waals surface area contributed by atoms with Gasteiger partial charge >= 0.3 is 0 Å². The van der Waals surface area contributed by atoms with Gasteiger partial charge in [0.1, 0.15) is 5.82 Å². The molecule has 0 saturated carbocycles. The molecule has 1 aromatic rings. The fourth-order valence-corrected chi connectivity index (χ4v) is 1.86. The Hall–Kier alpha value is -1.09. The minimum absolute atomic E-state index is 0.0454. The van der Waals surface area contributed by atoms with Crippen LogP contribution < -0.4 is 4.90 Å². The molecule has 1 aromatic carbocycles. The van der Waals surface area contributed by atoms with E-state index in [4.69, 9.17) is 0 Å². The lowest BCUT2D eigenvalue weighted by Crippen LogP contribution is -2.40. The first-order valence-corrected chi connectivity index (χ1v) is 5.90. The summed E-state index contributed by atoms with van der Waals surface area (Å²) in [6, 6.07) is 4.98. The number of benzene rings is 1. The Morgan fingerprint density at radius 2 is 1.94 bits per heavy atom. The van der Waals surface area contributed by atoms with Crippen LogP contribution in [0.4, 0.5) is 10.1 Å². The molecule has 0 spiro atoms. The Bertz CT molecular complexity index is 384.